The standard InChI is InChI=1S/C12H13N3OS3/c1-15(2)11-13-14-12(19-11)18-8-10-6-9(7-17-10)4-3-5-16/h6-7,16H,5,8H2,1-2H3. The van der Waals surface area contributed by atoms with Gasteiger partial charge < -0.3 is 10.0 Å². The van der Waals surface area contributed by atoms with E-state index in [1.165, 1.54) is 4.88 Å². The Kier molecular flexibility index (Phi) is 5.22. The highest BCUT2D eigenvalue weighted by Crippen LogP contribution is 2.30. The summed E-state index contributed by atoms with van der Waals surface area (Å²) in [7, 11) is 3.92. The van der Waals surface area contributed by atoms with Crippen molar-refractivity contribution in [2.45, 2.75) is 10.1 Å². The Morgan fingerprint density at radius 3 is 2.95 bits per heavy atom. The molecule has 0 spiro atoms. The Morgan fingerprint density at radius 2 is 2.26 bits per heavy atom. The molecule has 4 nitrogen and oxygen atoms in total. The van der Waals surface area contributed by atoms with Gasteiger partial charge in [-0.15, -0.1) is 21.5 Å². The summed E-state index contributed by atoms with van der Waals surface area (Å²) < 4.78 is 0.972. The first-order valence-corrected chi connectivity index (χ1v) is 8.18. The van der Waals surface area contributed by atoms with Crippen molar-refractivity contribution in [1.82, 2.24) is 10.2 Å². The van der Waals surface area contributed by atoms with Crippen LogP contribution in [0.3, 0.4) is 0 Å². The Hall–Kier alpha value is -1.07. The largest absolute Gasteiger partial charge is 0.384 e. The summed E-state index contributed by atoms with van der Waals surface area (Å²) in [5.74, 6) is 6.42. The van der Waals surface area contributed by atoms with E-state index in [1.54, 1.807) is 34.4 Å². The van der Waals surface area contributed by atoms with Crippen LogP contribution in [0.1, 0.15) is 10.4 Å². The molecule has 0 saturated carbocycles. The van der Waals surface area contributed by atoms with Gasteiger partial charge >= 0.3 is 0 Å². The molecule has 0 aliphatic rings. The average Bonchev–Trinajstić information content (AvgIpc) is 3.03. The fraction of sp³-hybridized carbons (Fsp3) is 0.333. The quantitative estimate of drug-likeness (QED) is 0.693. The number of aromatic nitrogens is 2. The lowest BCUT2D eigenvalue weighted by Crippen LogP contribution is -2.07. The van der Waals surface area contributed by atoms with Crippen molar-refractivity contribution in [3.63, 3.8) is 0 Å². The second kappa shape index (κ2) is 6.91. The Morgan fingerprint density at radius 1 is 1.42 bits per heavy atom. The minimum Gasteiger partial charge on any atom is -0.384 e. The molecule has 2 aromatic rings. The van der Waals surface area contributed by atoms with Crippen molar-refractivity contribution in [2.75, 3.05) is 25.6 Å². The molecule has 7 heteroatoms. The third-order valence-corrected chi connectivity index (χ3v) is 5.47. The monoisotopic (exact) mass is 311 g/mol. The van der Waals surface area contributed by atoms with Gasteiger partial charge in [0.25, 0.3) is 0 Å². The minimum absolute atomic E-state index is 0.0992. The number of thiophene rings is 1. The van der Waals surface area contributed by atoms with Gasteiger partial charge in [-0.2, -0.15) is 0 Å². The normalized spacial score (nSPS) is 10.1. The molecule has 0 aromatic carbocycles. The highest BCUT2D eigenvalue weighted by Gasteiger charge is 2.07. The van der Waals surface area contributed by atoms with Gasteiger partial charge in [0.1, 0.15) is 6.61 Å². The van der Waals surface area contributed by atoms with Crippen molar-refractivity contribution in [3.8, 4) is 11.8 Å². The van der Waals surface area contributed by atoms with Crippen LogP contribution >= 0.6 is 34.4 Å². The van der Waals surface area contributed by atoms with E-state index < -0.39 is 0 Å². The number of hydrogen-bond acceptors (Lipinski definition) is 7. The van der Waals surface area contributed by atoms with Gasteiger partial charge in [-0.1, -0.05) is 34.9 Å². The topological polar surface area (TPSA) is 49.2 Å². The van der Waals surface area contributed by atoms with Gasteiger partial charge in [-0.05, 0) is 6.07 Å². The van der Waals surface area contributed by atoms with Gasteiger partial charge in [0.05, 0.1) is 0 Å². The number of thioether (sulfide) groups is 1. The molecule has 0 bridgehead atoms. The molecule has 100 valence electrons. The molecular weight excluding hydrogens is 298 g/mol. The molecule has 19 heavy (non-hydrogen) atoms. The molecule has 0 aliphatic heterocycles. The number of rotatable bonds is 4. The molecular formula is C12H13N3OS3. The number of nitrogens with zero attached hydrogens (tertiary/aromatic N) is 3. The molecule has 0 saturated heterocycles. The Labute approximate surface area is 124 Å². The zero-order valence-electron chi connectivity index (χ0n) is 10.6. The molecule has 2 heterocycles. The molecule has 0 atom stereocenters. The SMILES string of the molecule is CN(C)c1nnc(SCc2cc(C#CCO)cs2)s1. The summed E-state index contributed by atoms with van der Waals surface area (Å²) in [6.45, 7) is -0.0992. The van der Waals surface area contributed by atoms with E-state index in [4.69, 9.17) is 5.11 Å². The van der Waals surface area contributed by atoms with Gasteiger partial charge in [0, 0.05) is 35.7 Å². The summed E-state index contributed by atoms with van der Waals surface area (Å²) in [6, 6.07) is 2.05. The first kappa shape index (κ1) is 14.3. The fourth-order valence-electron chi connectivity index (χ4n) is 1.24. The smallest absolute Gasteiger partial charge is 0.208 e. The summed E-state index contributed by atoms with van der Waals surface area (Å²) in [4.78, 5) is 3.20. The van der Waals surface area contributed by atoms with E-state index in [-0.39, 0.29) is 6.61 Å². The van der Waals surface area contributed by atoms with Crippen LogP contribution in [-0.2, 0) is 5.75 Å². The van der Waals surface area contributed by atoms with Crippen LogP contribution in [0.4, 0.5) is 5.13 Å². The van der Waals surface area contributed by atoms with E-state index in [0.29, 0.717) is 0 Å². The van der Waals surface area contributed by atoms with Gasteiger partial charge in [-0.3, -0.25) is 0 Å². The summed E-state index contributed by atoms with van der Waals surface area (Å²) in [5.41, 5.74) is 0.959. The van der Waals surface area contributed by atoms with Gasteiger partial charge in [0.15, 0.2) is 4.34 Å². The predicted octanol–water partition coefficient (Wildman–Crippen LogP) is 2.30. The molecule has 1 N–H and O–H groups in total. The van der Waals surface area contributed by atoms with Crippen LogP contribution in [0.15, 0.2) is 15.8 Å². The van der Waals surface area contributed by atoms with Gasteiger partial charge in [-0.25, -0.2) is 0 Å². The average molecular weight is 311 g/mol. The Balaban J connectivity index is 1.92. The lowest BCUT2D eigenvalue weighted by molar-refractivity contribution is 0.350. The van der Waals surface area contributed by atoms with Crippen molar-refractivity contribution in [1.29, 1.82) is 0 Å². The number of aliphatic hydroxyl groups excluding tert-OH is 1. The second-order valence-corrected chi connectivity index (χ2v) is 6.97. The maximum atomic E-state index is 8.64. The van der Waals surface area contributed by atoms with Crippen LogP contribution in [0.5, 0.6) is 0 Å². The highest BCUT2D eigenvalue weighted by atomic mass is 32.2. The van der Waals surface area contributed by atoms with E-state index >= 15 is 0 Å². The van der Waals surface area contributed by atoms with Crippen molar-refractivity contribution in [3.05, 3.63) is 21.9 Å². The van der Waals surface area contributed by atoms with Gasteiger partial charge in [0.2, 0.25) is 5.13 Å². The lowest BCUT2D eigenvalue weighted by Gasteiger charge is -2.03. The van der Waals surface area contributed by atoms with Crippen LogP contribution in [0.25, 0.3) is 0 Å². The third-order valence-electron chi connectivity index (χ3n) is 2.08. The summed E-state index contributed by atoms with van der Waals surface area (Å²) >= 11 is 4.94. The summed E-state index contributed by atoms with van der Waals surface area (Å²) in [5, 5.41) is 19.8. The van der Waals surface area contributed by atoms with Crippen molar-refractivity contribution < 1.29 is 5.11 Å². The molecule has 2 rings (SSSR count). The maximum Gasteiger partial charge on any atom is 0.208 e. The minimum atomic E-state index is -0.0992. The third kappa shape index (κ3) is 4.21. The van der Waals surface area contributed by atoms with Crippen molar-refractivity contribution in [2.24, 2.45) is 0 Å². The molecule has 0 fully saturated rings. The number of hydrogen-bond donors (Lipinski definition) is 1. The predicted molar refractivity (Wildman–Crippen MR) is 82.1 cm³/mol. The lowest BCUT2D eigenvalue weighted by atomic mass is 10.3. The first-order chi connectivity index (χ1) is 9.19. The van der Waals surface area contributed by atoms with Crippen LogP contribution < -0.4 is 4.90 Å². The van der Waals surface area contributed by atoms with Crippen LogP contribution in [-0.4, -0.2) is 36.0 Å². The van der Waals surface area contributed by atoms with E-state index in [1.807, 2.05) is 30.4 Å². The maximum absolute atomic E-state index is 8.64. The van der Waals surface area contributed by atoms with E-state index in [0.717, 1.165) is 20.8 Å². The van der Waals surface area contributed by atoms with Crippen LogP contribution in [0.2, 0.25) is 0 Å². The number of aliphatic hydroxyl groups is 1. The first-order valence-electron chi connectivity index (χ1n) is 5.50. The molecule has 0 unspecified atom stereocenters. The second-order valence-electron chi connectivity index (χ2n) is 3.80. The molecule has 0 radical (unpaired) electrons. The number of anilines is 1. The summed E-state index contributed by atoms with van der Waals surface area (Å²) in [6.07, 6.45) is 0. The van der Waals surface area contributed by atoms with E-state index in [9.17, 15) is 0 Å². The zero-order valence-corrected chi connectivity index (χ0v) is 13.0. The fourth-order valence-corrected chi connectivity index (χ4v) is 3.87. The molecule has 0 aliphatic carbocycles. The zero-order chi connectivity index (χ0) is 13.7. The van der Waals surface area contributed by atoms with E-state index in [2.05, 4.69) is 22.0 Å². The molecule has 0 amide bonds. The molecule has 2 aromatic heterocycles. The highest BCUT2D eigenvalue weighted by molar-refractivity contribution is 8.00. The van der Waals surface area contributed by atoms with Crippen LogP contribution in [0, 0.1) is 11.8 Å². The Bertz CT molecular complexity index is 595. The van der Waals surface area contributed by atoms with Crippen molar-refractivity contribution >= 4 is 39.6 Å².